The lowest BCUT2D eigenvalue weighted by molar-refractivity contribution is -0.313. The molecule has 5 aliphatic rings. The van der Waals surface area contributed by atoms with Gasteiger partial charge in [-0.1, -0.05) is 6.92 Å². The summed E-state index contributed by atoms with van der Waals surface area (Å²) in [6, 6.07) is 0. The summed E-state index contributed by atoms with van der Waals surface area (Å²) in [4.78, 5) is 12.4. The van der Waals surface area contributed by atoms with Crippen LogP contribution in [0.4, 0.5) is 0 Å². The number of ether oxygens (including phenoxy) is 3. The number of carbonyl (C=O) groups excluding carboxylic acids is 1. The number of esters is 1. The lowest BCUT2D eigenvalue weighted by Gasteiger charge is -2.65. The molecule has 0 radical (unpaired) electrons. The van der Waals surface area contributed by atoms with E-state index in [4.69, 9.17) is 14.2 Å². The molecule has 0 aromatic carbocycles. The van der Waals surface area contributed by atoms with Crippen molar-refractivity contribution in [3.63, 3.8) is 0 Å². The molecule has 1 saturated heterocycles. The van der Waals surface area contributed by atoms with E-state index in [1.165, 1.54) is 6.92 Å². The molecule has 2 bridgehead atoms. The minimum absolute atomic E-state index is 0.0226. The zero-order valence-corrected chi connectivity index (χ0v) is 23.3. The molecule has 40 heavy (non-hydrogen) atoms. The van der Waals surface area contributed by atoms with Gasteiger partial charge in [0, 0.05) is 17.8 Å². The van der Waals surface area contributed by atoms with Crippen molar-refractivity contribution >= 4 is 5.97 Å². The summed E-state index contributed by atoms with van der Waals surface area (Å²) in [5.74, 6) is -1.04. The first-order valence-electron chi connectivity index (χ1n) is 14.6. The highest BCUT2D eigenvalue weighted by Gasteiger charge is 2.74. The zero-order chi connectivity index (χ0) is 29.3. The van der Waals surface area contributed by atoms with Gasteiger partial charge in [0.05, 0.1) is 32.5 Å². The largest absolute Gasteiger partial charge is 0.459 e. The van der Waals surface area contributed by atoms with Gasteiger partial charge >= 0.3 is 5.97 Å². The Morgan fingerprint density at radius 1 is 0.925 bits per heavy atom. The van der Waals surface area contributed by atoms with E-state index in [1.54, 1.807) is 0 Å². The number of hydrogen-bond donors (Lipinski definition) is 8. The smallest absolute Gasteiger partial charge is 0.303 e. The molecule has 0 aromatic heterocycles. The predicted octanol–water partition coefficient (Wildman–Crippen LogP) is -1.58. The van der Waals surface area contributed by atoms with Gasteiger partial charge in [-0.3, -0.25) is 4.79 Å². The third kappa shape index (κ3) is 4.21. The van der Waals surface area contributed by atoms with Crippen LogP contribution in [0.25, 0.3) is 0 Å². The SMILES string of the molecule is CC(=O)O[C@H]1[C@](O)(CO[C@@H]2O[C@H](CO)[C@@H](O)[C@H](O)[C@H]2O)[C@@H]2CC[C@H]3[C@]4(C)CC[C@@H](O)C(CO)(CO)[C@H]4CC[C@@]31C2. The summed E-state index contributed by atoms with van der Waals surface area (Å²) in [7, 11) is 0. The van der Waals surface area contributed by atoms with E-state index in [1.807, 2.05) is 0 Å². The summed E-state index contributed by atoms with van der Waals surface area (Å²) in [6.45, 7) is 1.77. The molecule has 12 heteroatoms. The van der Waals surface area contributed by atoms with Crippen LogP contribution >= 0.6 is 0 Å². The lowest BCUT2D eigenvalue weighted by Crippen LogP contribution is -2.65. The first kappa shape index (κ1) is 30.5. The third-order valence-electron chi connectivity index (χ3n) is 11.8. The van der Waals surface area contributed by atoms with Crippen molar-refractivity contribution in [3.05, 3.63) is 0 Å². The number of aliphatic hydroxyl groups excluding tert-OH is 7. The molecule has 1 spiro atoms. The zero-order valence-electron chi connectivity index (χ0n) is 23.3. The van der Waals surface area contributed by atoms with Crippen LogP contribution in [0.5, 0.6) is 0 Å². The van der Waals surface area contributed by atoms with Crippen LogP contribution in [0.1, 0.15) is 58.8 Å². The number of rotatable bonds is 7. The van der Waals surface area contributed by atoms with Crippen LogP contribution in [0.15, 0.2) is 0 Å². The summed E-state index contributed by atoms with van der Waals surface area (Å²) < 4.78 is 17.3. The van der Waals surface area contributed by atoms with Gasteiger partial charge in [0.2, 0.25) is 0 Å². The second-order valence-electron chi connectivity index (χ2n) is 13.5. The van der Waals surface area contributed by atoms with Crippen molar-refractivity contribution in [1.82, 2.24) is 0 Å². The average Bonchev–Trinajstić information content (AvgIpc) is 3.09. The summed E-state index contributed by atoms with van der Waals surface area (Å²) >= 11 is 0. The topological polar surface area (TPSA) is 207 Å². The van der Waals surface area contributed by atoms with Crippen molar-refractivity contribution in [2.45, 2.75) is 107 Å². The number of aliphatic hydroxyl groups is 8. The monoisotopic (exact) mass is 574 g/mol. The molecule has 12 nitrogen and oxygen atoms in total. The summed E-state index contributed by atoms with van der Waals surface area (Å²) in [5.41, 5.74) is -3.67. The molecular formula is C28H46O12. The Bertz CT molecular complexity index is 942. The standard InChI is InChI=1S/C28H46O12/c1-14(32)39-24-26-8-5-18-25(2,7-6-19(33)27(18,11-30)12-31)17(26)4-3-15(9-26)28(24,37)13-38-23-22(36)21(35)20(34)16(10-29)40-23/h15-24,29-31,33-37H,3-13H2,1-2H3/t15-,16-,17+,18+,19-,20-,21+,22-,23-,24-,25+,26-,28+/m1/s1. The summed E-state index contributed by atoms with van der Waals surface area (Å²) in [6.07, 6.45) is -5.06. The molecule has 0 amide bonds. The highest BCUT2D eigenvalue weighted by atomic mass is 16.7. The third-order valence-corrected chi connectivity index (χ3v) is 11.8. The normalized spacial score (nSPS) is 51.5. The maximum Gasteiger partial charge on any atom is 0.303 e. The van der Waals surface area contributed by atoms with Crippen molar-refractivity contribution in [2.75, 3.05) is 26.4 Å². The molecule has 4 saturated carbocycles. The Hall–Kier alpha value is -0.930. The number of carbonyl (C=O) groups is 1. The van der Waals surface area contributed by atoms with Crippen LogP contribution in [0, 0.1) is 34.0 Å². The number of hydrogen-bond acceptors (Lipinski definition) is 12. The lowest BCUT2D eigenvalue weighted by atomic mass is 9.40. The molecular weight excluding hydrogens is 528 g/mol. The maximum absolute atomic E-state index is 12.4. The molecule has 0 unspecified atom stereocenters. The van der Waals surface area contributed by atoms with Gasteiger partial charge in [-0.25, -0.2) is 0 Å². The number of fused-ring (bicyclic) bond motifs is 3. The Morgan fingerprint density at radius 3 is 2.25 bits per heavy atom. The van der Waals surface area contributed by atoms with E-state index < -0.39 is 77.3 Å². The molecule has 13 atom stereocenters. The highest BCUT2D eigenvalue weighted by molar-refractivity contribution is 5.66. The van der Waals surface area contributed by atoms with Crippen molar-refractivity contribution in [3.8, 4) is 0 Å². The van der Waals surface area contributed by atoms with Crippen LogP contribution in [0.2, 0.25) is 0 Å². The fourth-order valence-electron chi connectivity index (χ4n) is 9.91. The Morgan fingerprint density at radius 2 is 1.62 bits per heavy atom. The second kappa shape index (κ2) is 10.7. The molecule has 1 heterocycles. The fourth-order valence-corrected chi connectivity index (χ4v) is 9.91. The Kier molecular flexibility index (Phi) is 8.13. The van der Waals surface area contributed by atoms with Gasteiger partial charge in [0.25, 0.3) is 0 Å². The fraction of sp³-hybridized carbons (Fsp3) is 0.964. The van der Waals surface area contributed by atoms with Crippen LogP contribution in [-0.2, 0) is 19.0 Å². The van der Waals surface area contributed by atoms with Gasteiger partial charge < -0.3 is 55.1 Å². The molecule has 0 aromatic rings. The van der Waals surface area contributed by atoms with Crippen LogP contribution in [-0.4, -0.2) is 122 Å². The average molecular weight is 575 g/mol. The van der Waals surface area contributed by atoms with E-state index in [-0.39, 0.29) is 37.6 Å². The quantitative estimate of drug-likeness (QED) is 0.162. The van der Waals surface area contributed by atoms with E-state index in [2.05, 4.69) is 6.92 Å². The molecule has 8 N–H and O–H groups in total. The maximum atomic E-state index is 12.4. The van der Waals surface area contributed by atoms with E-state index >= 15 is 0 Å². The Labute approximate surface area is 233 Å². The van der Waals surface area contributed by atoms with Crippen molar-refractivity contribution in [2.24, 2.45) is 34.0 Å². The van der Waals surface area contributed by atoms with Gasteiger partial charge in [-0.2, -0.15) is 0 Å². The first-order valence-corrected chi connectivity index (χ1v) is 14.6. The van der Waals surface area contributed by atoms with Crippen LogP contribution in [0.3, 0.4) is 0 Å². The summed E-state index contributed by atoms with van der Waals surface area (Å²) in [5, 5.41) is 84.3. The minimum Gasteiger partial charge on any atom is -0.459 e. The predicted molar refractivity (Wildman–Crippen MR) is 136 cm³/mol. The van der Waals surface area contributed by atoms with E-state index in [0.29, 0.717) is 38.5 Å². The second-order valence-corrected chi connectivity index (χ2v) is 13.5. The molecule has 230 valence electrons. The molecule has 5 fully saturated rings. The van der Waals surface area contributed by atoms with Crippen LogP contribution < -0.4 is 0 Å². The van der Waals surface area contributed by atoms with E-state index in [0.717, 1.165) is 6.42 Å². The van der Waals surface area contributed by atoms with Gasteiger partial charge in [-0.15, -0.1) is 0 Å². The molecule has 4 aliphatic carbocycles. The first-order chi connectivity index (χ1) is 18.8. The van der Waals surface area contributed by atoms with Crippen molar-refractivity contribution < 1.29 is 59.9 Å². The van der Waals surface area contributed by atoms with Gasteiger partial charge in [0.15, 0.2) is 6.29 Å². The highest BCUT2D eigenvalue weighted by Crippen LogP contribution is 2.73. The van der Waals surface area contributed by atoms with Gasteiger partial charge in [-0.05, 0) is 68.1 Å². The minimum atomic E-state index is -1.64. The molecule has 5 rings (SSSR count). The van der Waals surface area contributed by atoms with E-state index in [9.17, 15) is 45.6 Å². The molecule has 1 aliphatic heterocycles. The van der Waals surface area contributed by atoms with Crippen molar-refractivity contribution in [1.29, 1.82) is 0 Å². The Balaban J connectivity index is 1.46. The van der Waals surface area contributed by atoms with Gasteiger partial charge in [0.1, 0.15) is 36.1 Å².